The van der Waals surface area contributed by atoms with E-state index in [0.717, 1.165) is 0 Å². The summed E-state index contributed by atoms with van der Waals surface area (Å²) in [7, 11) is 3.12. The Labute approximate surface area is 132 Å². The van der Waals surface area contributed by atoms with Gasteiger partial charge >= 0.3 is 0 Å². The molecule has 0 aliphatic carbocycles. The molecule has 1 aromatic heterocycles. The number of nitrogens with zero attached hydrogens (tertiary/aromatic N) is 3. The molecule has 1 aliphatic rings. The van der Waals surface area contributed by atoms with E-state index in [9.17, 15) is 9.65 Å². The normalized spacial score (nSPS) is 16.6. The number of hydrogen-bond donors (Lipinski definition) is 1. The van der Waals surface area contributed by atoms with E-state index in [0.29, 0.717) is 22.7 Å². The van der Waals surface area contributed by atoms with Gasteiger partial charge in [-0.2, -0.15) is 10.4 Å². The Balaban J connectivity index is 2.24. The lowest BCUT2D eigenvalue weighted by molar-refractivity contribution is 0.357. The van der Waals surface area contributed by atoms with Gasteiger partial charge in [0, 0.05) is 7.05 Å². The first kappa shape index (κ1) is 14.9. The maximum absolute atomic E-state index is 14.1. The number of benzene rings is 1. The van der Waals surface area contributed by atoms with Gasteiger partial charge in [0.05, 0.1) is 24.3 Å². The molecule has 0 saturated carbocycles. The zero-order valence-electron chi connectivity index (χ0n) is 12.9. The third-order valence-electron chi connectivity index (χ3n) is 3.89. The van der Waals surface area contributed by atoms with Crippen molar-refractivity contribution in [2.24, 2.45) is 12.8 Å². The van der Waals surface area contributed by atoms with Crippen molar-refractivity contribution in [2.45, 2.75) is 12.8 Å². The molecule has 2 heterocycles. The van der Waals surface area contributed by atoms with Crippen LogP contribution in [0.25, 0.3) is 0 Å². The van der Waals surface area contributed by atoms with Crippen LogP contribution < -0.4 is 15.2 Å². The fraction of sp³-hybridized carbons (Fsp3) is 0.250. The van der Waals surface area contributed by atoms with Crippen LogP contribution in [0.4, 0.5) is 4.39 Å². The fourth-order valence-electron chi connectivity index (χ4n) is 2.87. The summed E-state index contributed by atoms with van der Waals surface area (Å²) in [4.78, 5) is 0. The minimum absolute atomic E-state index is 0.00391. The number of hydrogen-bond acceptors (Lipinski definition) is 5. The highest BCUT2D eigenvalue weighted by Crippen LogP contribution is 2.43. The van der Waals surface area contributed by atoms with Gasteiger partial charge in [-0.05, 0) is 24.6 Å². The number of aryl methyl sites for hydroxylation is 2. The summed E-state index contributed by atoms with van der Waals surface area (Å²) in [5, 5.41) is 13.8. The van der Waals surface area contributed by atoms with Gasteiger partial charge in [-0.15, -0.1) is 0 Å². The first-order valence-corrected chi connectivity index (χ1v) is 6.92. The molecule has 3 rings (SSSR count). The molecular formula is C16H15FN4O2. The van der Waals surface area contributed by atoms with Crippen LogP contribution in [0.2, 0.25) is 0 Å². The van der Waals surface area contributed by atoms with Crippen molar-refractivity contribution in [1.29, 1.82) is 5.26 Å². The molecule has 0 radical (unpaired) electrons. The summed E-state index contributed by atoms with van der Waals surface area (Å²) in [5.41, 5.74) is 8.11. The molecule has 2 aromatic rings. The van der Waals surface area contributed by atoms with E-state index in [4.69, 9.17) is 15.2 Å². The average molecular weight is 314 g/mol. The molecule has 0 spiro atoms. The van der Waals surface area contributed by atoms with Crippen molar-refractivity contribution in [2.75, 3.05) is 7.11 Å². The van der Waals surface area contributed by atoms with Crippen LogP contribution in [0, 0.1) is 24.1 Å². The second-order valence-corrected chi connectivity index (χ2v) is 5.25. The number of halogens is 1. The summed E-state index contributed by atoms with van der Waals surface area (Å²) >= 11 is 0. The molecular weight excluding hydrogens is 299 g/mol. The molecule has 1 aliphatic heterocycles. The number of rotatable bonds is 2. The highest BCUT2D eigenvalue weighted by Gasteiger charge is 2.35. The quantitative estimate of drug-likeness (QED) is 0.917. The highest BCUT2D eigenvalue weighted by molar-refractivity contribution is 5.55. The van der Waals surface area contributed by atoms with Gasteiger partial charge in [-0.25, -0.2) is 9.07 Å². The van der Waals surface area contributed by atoms with Crippen molar-refractivity contribution in [3.63, 3.8) is 0 Å². The summed E-state index contributed by atoms with van der Waals surface area (Å²) < 4.78 is 26.1. The number of nitrogens with two attached hydrogens (primary N) is 1. The monoisotopic (exact) mass is 314 g/mol. The Morgan fingerprint density at radius 2 is 2.22 bits per heavy atom. The van der Waals surface area contributed by atoms with Crippen LogP contribution in [0.3, 0.4) is 0 Å². The number of fused-ring (bicyclic) bond motifs is 1. The van der Waals surface area contributed by atoms with E-state index in [1.165, 1.54) is 19.2 Å². The predicted molar refractivity (Wildman–Crippen MR) is 80.2 cm³/mol. The molecule has 6 nitrogen and oxygen atoms in total. The first-order valence-electron chi connectivity index (χ1n) is 6.92. The molecule has 0 amide bonds. The van der Waals surface area contributed by atoms with E-state index in [-0.39, 0.29) is 17.2 Å². The van der Waals surface area contributed by atoms with Crippen molar-refractivity contribution in [3.8, 4) is 17.7 Å². The number of ether oxygens (including phenoxy) is 2. The molecule has 7 heteroatoms. The van der Waals surface area contributed by atoms with E-state index < -0.39 is 11.7 Å². The van der Waals surface area contributed by atoms with Gasteiger partial charge in [0.15, 0.2) is 11.6 Å². The van der Waals surface area contributed by atoms with Gasteiger partial charge in [0.1, 0.15) is 11.6 Å². The summed E-state index contributed by atoms with van der Waals surface area (Å²) in [5.74, 6) is -0.433. The lowest BCUT2D eigenvalue weighted by Crippen LogP contribution is -2.22. The first-order chi connectivity index (χ1) is 11.0. The van der Waals surface area contributed by atoms with Crippen LogP contribution in [-0.2, 0) is 7.05 Å². The smallest absolute Gasteiger partial charge is 0.224 e. The Morgan fingerprint density at radius 3 is 2.83 bits per heavy atom. The van der Waals surface area contributed by atoms with E-state index in [1.807, 2.05) is 6.92 Å². The third kappa shape index (κ3) is 2.19. The second-order valence-electron chi connectivity index (χ2n) is 5.25. The van der Waals surface area contributed by atoms with Gasteiger partial charge < -0.3 is 15.2 Å². The minimum Gasteiger partial charge on any atom is -0.494 e. The number of methoxy groups -OCH3 is 1. The van der Waals surface area contributed by atoms with E-state index in [2.05, 4.69) is 11.2 Å². The predicted octanol–water partition coefficient (Wildman–Crippen LogP) is 2.09. The van der Waals surface area contributed by atoms with Crippen LogP contribution >= 0.6 is 0 Å². The van der Waals surface area contributed by atoms with Crippen LogP contribution in [-0.4, -0.2) is 16.9 Å². The Bertz CT molecular complexity index is 864. The number of aromatic nitrogens is 2. The van der Waals surface area contributed by atoms with Crippen LogP contribution in [0.15, 0.2) is 29.7 Å². The molecule has 0 fully saturated rings. The standard InChI is InChI=1S/C16H15FN4O2/c1-8-13-14(9-4-5-12(22-3)11(17)6-9)10(7-18)15(19)23-16(13)21(2)20-8/h4-6,14H,19H2,1-3H3. The van der Waals surface area contributed by atoms with Crippen LogP contribution in [0.5, 0.6) is 11.6 Å². The highest BCUT2D eigenvalue weighted by atomic mass is 19.1. The number of nitriles is 1. The third-order valence-corrected chi connectivity index (χ3v) is 3.89. The van der Waals surface area contributed by atoms with E-state index in [1.54, 1.807) is 17.8 Å². The maximum Gasteiger partial charge on any atom is 0.224 e. The molecule has 118 valence electrons. The zero-order chi connectivity index (χ0) is 16.7. The molecule has 1 aromatic carbocycles. The van der Waals surface area contributed by atoms with Crippen molar-refractivity contribution in [3.05, 3.63) is 52.3 Å². The Morgan fingerprint density at radius 1 is 1.48 bits per heavy atom. The molecule has 0 bridgehead atoms. The molecule has 1 atom stereocenters. The zero-order valence-corrected chi connectivity index (χ0v) is 12.9. The molecule has 0 saturated heterocycles. The molecule has 2 N–H and O–H groups in total. The maximum atomic E-state index is 14.1. The van der Waals surface area contributed by atoms with Crippen molar-refractivity contribution >= 4 is 0 Å². The second kappa shape index (κ2) is 5.32. The van der Waals surface area contributed by atoms with Gasteiger partial charge in [-0.3, -0.25) is 0 Å². The number of allylic oxidation sites excluding steroid dienone is 1. The Kier molecular flexibility index (Phi) is 3.45. The largest absolute Gasteiger partial charge is 0.494 e. The summed E-state index contributed by atoms with van der Waals surface area (Å²) in [6.45, 7) is 1.81. The lowest BCUT2D eigenvalue weighted by atomic mass is 9.84. The minimum atomic E-state index is -0.530. The van der Waals surface area contributed by atoms with Crippen LogP contribution in [0.1, 0.15) is 22.7 Å². The SMILES string of the molecule is COc1ccc(C2C(C#N)=C(N)Oc3c2c(C)nn3C)cc1F. The average Bonchev–Trinajstić information content (AvgIpc) is 2.80. The van der Waals surface area contributed by atoms with Gasteiger partial charge in [0.25, 0.3) is 0 Å². The Hall–Kier alpha value is -3.01. The van der Waals surface area contributed by atoms with Gasteiger partial charge in [0.2, 0.25) is 11.8 Å². The molecule has 1 unspecified atom stereocenters. The summed E-state index contributed by atoms with van der Waals surface area (Å²) in [6.07, 6.45) is 0. The lowest BCUT2D eigenvalue weighted by Gasteiger charge is -2.24. The topological polar surface area (TPSA) is 86.1 Å². The van der Waals surface area contributed by atoms with Crippen molar-refractivity contribution < 1.29 is 13.9 Å². The summed E-state index contributed by atoms with van der Waals surface area (Å²) in [6, 6.07) is 6.64. The van der Waals surface area contributed by atoms with Gasteiger partial charge in [-0.1, -0.05) is 6.07 Å². The van der Waals surface area contributed by atoms with Crippen molar-refractivity contribution in [1.82, 2.24) is 9.78 Å². The fourth-order valence-corrected chi connectivity index (χ4v) is 2.87. The molecule has 23 heavy (non-hydrogen) atoms. The van der Waals surface area contributed by atoms with E-state index >= 15 is 0 Å².